The van der Waals surface area contributed by atoms with Crippen LogP contribution in [0.25, 0.3) is 0 Å². The Balaban J connectivity index is 2.46. The maximum absolute atomic E-state index is 10.9. The monoisotopic (exact) mass is 219 g/mol. The summed E-state index contributed by atoms with van der Waals surface area (Å²) >= 11 is 0. The van der Waals surface area contributed by atoms with Gasteiger partial charge in [-0.2, -0.15) is 5.26 Å². The molecule has 1 aromatic carbocycles. The number of carbonyl (C=O) groups excluding carboxylic acids is 1. The van der Waals surface area contributed by atoms with Crippen LogP contribution < -0.4 is 0 Å². The van der Waals surface area contributed by atoms with Crippen LogP contribution in [-0.4, -0.2) is 17.0 Å². The Morgan fingerprint density at radius 3 is 2.44 bits per heavy atom. The predicted octanol–water partition coefficient (Wildman–Crippen LogP) is 1.08. The van der Waals surface area contributed by atoms with E-state index in [0.29, 0.717) is 11.1 Å². The molecule has 0 atom stereocenters. The number of hydrogen-bond acceptors (Lipinski definition) is 4. The second-order valence-corrected chi connectivity index (χ2v) is 3.04. The Labute approximate surface area is 91.9 Å². The molecule has 0 saturated heterocycles. The molecule has 82 valence electrons. The Hall–Kier alpha value is -2.35. The second kappa shape index (κ2) is 5.51. The molecule has 5 heteroatoms. The Kier molecular flexibility index (Phi) is 4.04. The average molecular weight is 219 g/mol. The summed E-state index contributed by atoms with van der Waals surface area (Å²) in [6.45, 7) is 0.0117. The van der Waals surface area contributed by atoms with Crippen molar-refractivity contribution < 1.29 is 19.4 Å². The van der Waals surface area contributed by atoms with Gasteiger partial charge >= 0.3 is 11.9 Å². The molecule has 0 radical (unpaired) electrons. The van der Waals surface area contributed by atoms with Gasteiger partial charge in [0.2, 0.25) is 0 Å². The first-order valence-electron chi connectivity index (χ1n) is 4.48. The number of esters is 1. The topological polar surface area (TPSA) is 87.4 Å². The first-order valence-corrected chi connectivity index (χ1v) is 4.48. The number of rotatable bonds is 4. The number of aliphatic carboxylic acids is 1. The van der Waals surface area contributed by atoms with Gasteiger partial charge in [0.1, 0.15) is 13.0 Å². The van der Waals surface area contributed by atoms with Crippen molar-refractivity contribution in [3.63, 3.8) is 0 Å². The molecule has 0 fully saturated rings. The van der Waals surface area contributed by atoms with Gasteiger partial charge in [0, 0.05) is 0 Å². The Bertz CT molecular complexity index is 430. The molecular formula is C11H9NO4. The van der Waals surface area contributed by atoms with Gasteiger partial charge < -0.3 is 9.84 Å². The summed E-state index contributed by atoms with van der Waals surface area (Å²) in [7, 11) is 0. The highest BCUT2D eigenvalue weighted by atomic mass is 16.5. The lowest BCUT2D eigenvalue weighted by Gasteiger charge is -2.03. The summed E-state index contributed by atoms with van der Waals surface area (Å²) in [5.74, 6) is -2.00. The van der Waals surface area contributed by atoms with Crippen molar-refractivity contribution in [2.75, 3.05) is 0 Å². The number of nitrogens with zero attached hydrogens (tertiary/aromatic N) is 1. The van der Waals surface area contributed by atoms with Gasteiger partial charge in [-0.05, 0) is 17.7 Å². The third kappa shape index (κ3) is 3.80. The van der Waals surface area contributed by atoms with E-state index >= 15 is 0 Å². The standard InChI is InChI=1S/C11H9NO4/c12-6-8-1-3-9(4-2-8)7-16-11(15)5-10(13)14/h1-4H,5,7H2,(H,13,14). The van der Waals surface area contributed by atoms with Crippen LogP contribution in [0.15, 0.2) is 24.3 Å². The second-order valence-electron chi connectivity index (χ2n) is 3.04. The summed E-state index contributed by atoms with van der Waals surface area (Å²) < 4.78 is 4.71. The first-order chi connectivity index (χ1) is 7.61. The summed E-state index contributed by atoms with van der Waals surface area (Å²) in [6.07, 6.45) is -0.643. The maximum Gasteiger partial charge on any atom is 0.317 e. The highest BCUT2D eigenvalue weighted by Gasteiger charge is 2.08. The van der Waals surface area contributed by atoms with Crippen LogP contribution in [0.1, 0.15) is 17.5 Å². The van der Waals surface area contributed by atoms with Crippen molar-refractivity contribution in [1.29, 1.82) is 5.26 Å². The molecular weight excluding hydrogens is 210 g/mol. The molecule has 0 amide bonds. The number of carboxylic acid groups (broad SMARTS) is 1. The van der Waals surface area contributed by atoms with Crippen LogP contribution in [0.3, 0.4) is 0 Å². The van der Waals surface area contributed by atoms with Crippen LogP contribution >= 0.6 is 0 Å². The smallest absolute Gasteiger partial charge is 0.317 e. The summed E-state index contributed by atoms with van der Waals surface area (Å²) in [4.78, 5) is 21.1. The fourth-order valence-electron chi connectivity index (χ4n) is 1.01. The zero-order valence-corrected chi connectivity index (χ0v) is 8.34. The molecule has 0 aliphatic carbocycles. The maximum atomic E-state index is 10.9. The van der Waals surface area contributed by atoms with Crippen LogP contribution in [0.5, 0.6) is 0 Å². The van der Waals surface area contributed by atoms with E-state index in [1.54, 1.807) is 24.3 Å². The first kappa shape index (κ1) is 11.7. The van der Waals surface area contributed by atoms with Gasteiger partial charge in [0.25, 0.3) is 0 Å². The number of hydrogen-bond donors (Lipinski definition) is 1. The lowest BCUT2D eigenvalue weighted by atomic mass is 10.2. The van der Waals surface area contributed by atoms with E-state index in [-0.39, 0.29) is 6.61 Å². The van der Waals surface area contributed by atoms with Crippen molar-refractivity contribution in [3.8, 4) is 6.07 Å². The van der Waals surface area contributed by atoms with Crippen molar-refractivity contribution in [2.45, 2.75) is 13.0 Å². The van der Waals surface area contributed by atoms with E-state index in [9.17, 15) is 9.59 Å². The van der Waals surface area contributed by atoms with Crippen molar-refractivity contribution in [3.05, 3.63) is 35.4 Å². The summed E-state index contributed by atoms with van der Waals surface area (Å²) in [5.41, 5.74) is 1.22. The normalized spacial score (nSPS) is 9.19. The van der Waals surface area contributed by atoms with Gasteiger partial charge in [0.15, 0.2) is 0 Å². The van der Waals surface area contributed by atoms with Crippen LogP contribution in [-0.2, 0) is 20.9 Å². The van der Waals surface area contributed by atoms with Crippen molar-refractivity contribution in [2.24, 2.45) is 0 Å². The SMILES string of the molecule is N#Cc1ccc(COC(=O)CC(=O)O)cc1. The fourth-order valence-corrected chi connectivity index (χ4v) is 1.01. The van der Waals surface area contributed by atoms with E-state index in [4.69, 9.17) is 15.1 Å². The minimum Gasteiger partial charge on any atom is -0.481 e. The zero-order valence-electron chi connectivity index (χ0n) is 8.34. The lowest BCUT2D eigenvalue weighted by Crippen LogP contribution is -2.10. The number of benzene rings is 1. The Morgan fingerprint density at radius 1 is 1.31 bits per heavy atom. The molecule has 5 nitrogen and oxygen atoms in total. The van der Waals surface area contributed by atoms with E-state index in [0.717, 1.165) is 0 Å². The molecule has 16 heavy (non-hydrogen) atoms. The van der Waals surface area contributed by atoms with Gasteiger partial charge in [-0.25, -0.2) is 0 Å². The van der Waals surface area contributed by atoms with Crippen LogP contribution in [0.2, 0.25) is 0 Å². The fraction of sp³-hybridized carbons (Fsp3) is 0.182. The lowest BCUT2D eigenvalue weighted by molar-refractivity contribution is -0.152. The molecule has 0 aliphatic heterocycles. The average Bonchev–Trinajstić information content (AvgIpc) is 2.26. The number of carboxylic acids is 1. The molecule has 0 unspecified atom stereocenters. The van der Waals surface area contributed by atoms with Gasteiger partial charge in [-0.3, -0.25) is 9.59 Å². The quantitative estimate of drug-likeness (QED) is 0.604. The van der Waals surface area contributed by atoms with Crippen molar-refractivity contribution >= 4 is 11.9 Å². The van der Waals surface area contributed by atoms with Crippen LogP contribution in [0, 0.1) is 11.3 Å². The molecule has 1 rings (SSSR count). The third-order valence-corrected chi connectivity index (χ3v) is 1.78. The number of carbonyl (C=O) groups is 2. The molecule has 0 spiro atoms. The van der Waals surface area contributed by atoms with E-state index in [1.165, 1.54) is 0 Å². The van der Waals surface area contributed by atoms with Gasteiger partial charge in [-0.15, -0.1) is 0 Å². The molecule has 0 saturated carbocycles. The Morgan fingerprint density at radius 2 is 1.94 bits per heavy atom. The van der Waals surface area contributed by atoms with E-state index in [1.807, 2.05) is 6.07 Å². The highest BCUT2D eigenvalue weighted by molar-refractivity contribution is 5.90. The predicted molar refractivity (Wildman–Crippen MR) is 53.2 cm³/mol. The minimum absolute atomic E-state index is 0.0117. The zero-order chi connectivity index (χ0) is 12.0. The molecule has 0 heterocycles. The van der Waals surface area contributed by atoms with E-state index in [2.05, 4.69) is 0 Å². The molecule has 0 aromatic heterocycles. The number of nitriles is 1. The van der Waals surface area contributed by atoms with Crippen LogP contribution in [0.4, 0.5) is 0 Å². The molecule has 0 bridgehead atoms. The number of ether oxygens (including phenoxy) is 1. The molecule has 1 N–H and O–H groups in total. The molecule has 0 aliphatic rings. The van der Waals surface area contributed by atoms with Gasteiger partial charge in [0.05, 0.1) is 11.6 Å². The van der Waals surface area contributed by atoms with Gasteiger partial charge in [-0.1, -0.05) is 12.1 Å². The summed E-state index contributed by atoms with van der Waals surface area (Å²) in [5, 5.41) is 16.9. The summed E-state index contributed by atoms with van der Waals surface area (Å²) in [6, 6.07) is 8.45. The third-order valence-electron chi connectivity index (χ3n) is 1.78. The molecule has 1 aromatic rings. The minimum atomic E-state index is -1.22. The van der Waals surface area contributed by atoms with E-state index < -0.39 is 18.4 Å². The van der Waals surface area contributed by atoms with Crippen molar-refractivity contribution in [1.82, 2.24) is 0 Å². The highest BCUT2D eigenvalue weighted by Crippen LogP contribution is 2.05. The largest absolute Gasteiger partial charge is 0.481 e.